The van der Waals surface area contributed by atoms with Crippen molar-refractivity contribution in [3.63, 3.8) is 0 Å². The normalized spacial score (nSPS) is 18.0. The molecule has 0 unspecified atom stereocenters. The van der Waals surface area contributed by atoms with Crippen molar-refractivity contribution in [2.75, 3.05) is 23.3 Å². The number of carbonyl (C=O) groups excluding carboxylic acids is 1. The molecule has 1 N–H and O–H groups in total. The van der Waals surface area contributed by atoms with Gasteiger partial charge in [0, 0.05) is 13.1 Å². The van der Waals surface area contributed by atoms with Crippen molar-refractivity contribution < 1.29 is 9.42 Å². The average molecular weight is 344 g/mol. The van der Waals surface area contributed by atoms with E-state index >= 15 is 0 Å². The molecule has 3 aromatic heterocycles. The molecule has 0 saturated carbocycles. The molecule has 1 atom stereocenters. The predicted octanol–water partition coefficient (Wildman–Crippen LogP) is 2.24. The summed E-state index contributed by atoms with van der Waals surface area (Å²) in [7, 11) is 0. The van der Waals surface area contributed by atoms with Gasteiger partial charge in [0.2, 0.25) is 5.91 Å². The monoisotopic (exact) mass is 344 g/mol. The van der Waals surface area contributed by atoms with E-state index in [1.807, 2.05) is 11.4 Å². The first-order valence-electron chi connectivity index (χ1n) is 7.75. The molecular weight excluding hydrogens is 328 g/mol. The van der Waals surface area contributed by atoms with Gasteiger partial charge in [-0.3, -0.25) is 4.79 Å². The Bertz CT molecular complexity index is 876. The van der Waals surface area contributed by atoms with Gasteiger partial charge in [-0.25, -0.2) is 14.6 Å². The fourth-order valence-corrected chi connectivity index (χ4v) is 3.70. The number of amides is 1. The van der Waals surface area contributed by atoms with Crippen molar-refractivity contribution in [2.24, 2.45) is 5.92 Å². The maximum atomic E-state index is 12.5. The zero-order valence-corrected chi connectivity index (χ0v) is 13.9. The van der Waals surface area contributed by atoms with Crippen LogP contribution in [0.4, 0.5) is 11.6 Å². The van der Waals surface area contributed by atoms with Crippen LogP contribution < -0.4 is 10.2 Å². The lowest BCUT2D eigenvalue weighted by atomic mass is 9.97. The highest BCUT2D eigenvalue weighted by atomic mass is 32.1. The van der Waals surface area contributed by atoms with Crippen molar-refractivity contribution in [1.82, 2.24) is 20.3 Å². The highest BCUT2D eigenvalue weighted by Crippen LogP contribution is 2.30. The van der Waals surface area contributed by atoms with Crippen molar-refractivity contribution in [2.45, 2.75) is 19.8 Å². The number of hydrogen-bond acceptors (Lipinski definition) is 8. The Morgan fingerprint density at radius 1 is 1.42 bits per heavy atom. The molecule has 124 valence electrons. The molecule has 1 saturated heterocycles. The maximum Gasteiger partial charge on any atom is 0.230 e. The molecular formula is C15H16N6O2S. The Labute approximate surface area is 141 Å². The van der Waals surface area contributed by atoms with Gasteiger partial charge in [-0.2, -0.15) is 0 Å². The van der Waals surface area contributed by atoms with E-state index in [0.717, 1.165) is 35.4 Å². The number of nitrogens with zero attached hydrogens (tertiary/aromatic N) is 5. The fraction of sp³-hybridized carbons (Fsp3) is 0.400. The first kappa shape index (κ1) is 15.0. The molecule has 1 aliphatic heterocycles. The molecule has 1 fully saturated rings. The number of rotatable bonds is 3. The Kier molecular flexibility index (Phi) is 3.85. The molecule has 1 aliphatic rings. The van der Waals surface area contributed by atoms with Crippen molar-refractivity contribution in [3.8, 4) is 0 Å². The molecule has 4 rings (SSSR count). The molecule has 0 aliphatic carbocycles. The molecule has 0 spiro atoms. The lowest BCUT2D eigenvalue weighted by molar-refractivity contribution is -0.120. The molecule has 0 bridgehead atoms. The molecule has 9 heteroatoms. The van der Waals surface area contributed by atoms with Crippen molar-refractivity contribution in [1.29, 1.82) is 0 Å². The minimum Gasteiger partial charge on any atom is -0.355 e. The van der Waals surface area contributed by atoms with Crippen LogP contribution in [0.15, 0.2) is 22.4 Å². The topological polar surface area (TPSA) is 97.0 Å². The number of hydrogen-bond donors (Lipinski definition) is 1. The minimum atomic E-state index is -0.126. The molecule has 8 nitrogen and oxygen atoms in total. The summed E-state index contributed by atoms with van der Waals surface area (Å²) >= 11 is 1.59. The molecule has 4 heterocycles. The van der Waals surface area contributed by atoms with E-state index in [1.54, 1.807) is 24.6 Å². The number of thiophene rings is 1. The molecule has 1 amide bonds. The molecule has 24 heavy (non-hydrogen) atoms. The molecule has 3 aromatic rings. The van der Waals surface area contributed by atoms with Gasteiger partial charge in [0.05, 0.1) is 11.3 Å². The van der Waals surface area contributed by atoms with E-state index in [-0.39, 0.29) is 11.8 Å². The zero-order valence-electron chi connectivity index (χ0n) is 13.1. The van der Waals surface area contributed by atoms with Gasteiger partial charge in [-0.15, -0.1) is 11.3 Å². The minimum absolute atomic E-state index is 0.0610. The quantitative estimate of drug-likeness (QED) is 0.778. The zero-order chi connectivity index (χ0) is 16.5. The fourth-order valence-electron chi connectivity index (χ4n) is 2.98. The van der Waals surface area contributed by atoms with E-state index < -0.39 is 0 Å². The highest BCUT2D eigenvalue weighted by molar-refractivity contribution is 7.16. The summed E-state index contributed by atoms with van der Waals surface area (Å²) in [5.74, 6) is 1.10. The van der Waals surface area contributed by atoms with Crippen LogP contribution in [0, 0.1) is 12.8 Å². The van der Waals surface area contributed by atoms with Crippen LogP contribution in [0.1, 0.15) is 18.5 Å². The first-order valence-corrected chi connectivity index (χ1v) is 8.63. The molecule has 0 radical (unpaired) electrons. The second kappa shape index (κ2) is 6.16. The van der Waals surface area contributed by atoms with Crippen molar-refractivity contribution in [3.05, 3.63) is 23.5 Å². The van der Waals surface area contributed by atoms with E-state index in [9.17, 15) is 4.79 Å². The predicted molar refractivity (Wildman–Crippen MR) is 90.0 cm³/mol. The second-order valence-electron chi connectivity index (χ2n) is 5.81. The van der Waals surface area contributed by atoms with Crippen LogP contribution in [0.3, 0.4) is 0 Å². The van der Waals surface area contributed by atoms with E-state index in [4.69, 9.17) is 0 Å². The standard InChI is InChI=1S/C15H16N6O2S/c1-9-12(20-23-19-9)18-14(22)10-3-2-5-21(7-10)13-11-4-6-24-15(11)17-8-16-13/h4,6,8,10H,2-3,5,7H2,1H3,(H,18,20,22)/t10-/m0/s1. The average Bonchev–Trinajstić information content (AvgIpc) is 3.24. The number of aromatic nitrogens is 4. The number of anilines is 2. The van der Waals surface area contributed by atoms with Gasteiger partial charge in [0.15, 0.2) is 5.82 Å². The number of piperidine rings is 1. The van der Waals surface area contributed by atoms with Crippen LogP contribution in [0.2, 0.25) is 0 Å². The van der Waals surface area contributed by atoms with E-state index in [2.05, 4.69) is 35.1 Å². The number of nitrogens with one attached hydrogen (secondary N) is 1. The van der Waals surface area contributed by atoms with Crippen LogP contribution in [-0.4, -0.2) is 39.3 Å². The van der Waals surface area contributed by atoms with E-state index in [0.29, 0.717) is 18.1 Å². The van der Waals surface area contributed by atoms with Gasteiger partial charge < -0.3 is 10.2 Å². The number of fused-ring (bicyclic) bond motifs is 1. The third kappa shape index (κ3) is 2.71. The van der Waals surface area contributed by atoms with Crippen LogP contribution in [0.25, 0.3) is 10.2 Å². The number of aryl methyl sites for hydroxylation is 1. The Balaban J connectivity index is 1.52. The van der Waals surface area contributed by atoms with Crippen molar-refractivity contribution >= 4 is 39.1 Å². The summed E-state index contributed by atoms with van der Waals surface area (Å²) in [6, 6.07) is 2.03. The summed E-state index contributed by atoms with van der Waals surface area (Å²) in [5.41, 5.74) is 0.576. The SMILES string of the molecule is Cc1nonc1NC(=O)[C@H]1CCCN(c2ncnc3sccc23)C1. The van der Waals surface area contributed by atoms with Crippen LogP contribution in [0.5, 0.6) is 0 Å². The lowest BCUT2D eigenvalue weighted by Crippen LogP contribution is -2.41. The van der Waals surface area contributed by atoms with E-state index in [1.165, 1.54) is 0 Å². The highest BCUT2D eigenvalue weighted by Gasteiger charge is 2.28. The van der Waals surface area contributed by atoms with Gasteiger partial charge in [0.25, 0.3) is 0 Å². The summed E-state index contributed by atoms with van der Waals surface area (Å²) in [6.07, 6.45) is 3.36. The van der Waals surface area contributed by atoms with Crippen LogP contribution in [-0.2, 0) is 4.79 Å². The Morgan fingerprint density at radius 3 is 3.17 bits per heavy atom. The lowest BCUT2D eigenvalue weighted by Gasteiger charge is -2.32. The summed E-state index contributed by atoms with van der Waals surface area (Å²) < 4.78 is 4.62. The third-order valence-electron chi connectivity index (χ3n) is 4.23. The largest absolute Gasteiger partial charge is 0.355 e. The first-order chi connectivity index (χ1) is 11.7. The van der Waals surface area contributed by atoms with Gasteiger partial charge in [-0.1, -0.05) is 5.16 Å². The smallest absolute Gasteiger partial charge is 0.230 e. The maximum absolute atomic E-state index is 12.5. The summed E-state index contributed by atoms with van der Waals surface area (Å²) in [6.45, 7) is 3.25. The number of carbonyl (C=O) groups is 1. The van der Waals surface area contributed by atoms with Crippen LogP contribution >= 0.6 is 11.3 Å². The second-order valence-corrected chi connectivity index (χ2v) is 6.70. The van der Waals surface area contributed by atoms with Gasteiger partial charge >= 0.3 is 0 Å². The van der Waals surface area contributed by atoms with Gasteiger partial charge in [-0.05, 0) is 36.4 Å². The molecule has 0 aromatic carbocycles. The summed E-state index contributed by atoms with van der Waals surface area (Å²) in [4.78, 5) is 24.4. The Morgan fingerprint density at radius 2 is 2.33 bits per heavy atom. The third-order valence-corrected chi connectivity index (χ3v) is 5.05. The van der Waals surface area contributed by atoms with Gasteiger partial charge in [0.1, 0.15) is 22.7 Å². The Hall–Kier alpha value is -2.55. The summed E-state index contributed by atoms with van der Waals surface area (Å²) in [5, 5.41) is 13.2.